The van der Waals surface area contributed by atoms with Crippen LogP contribution in [0.4, 0.5) is 11.4 Å². The molecular weight excluding hydrogens is 531 g/mol. The third-order valence-corrected chi connectivity index (χ3v) is 8.07. The second kappa shape index (κ2) is 11.8. The van der Waals surface area contributed by atoms with Crippen molar-refractivity contribution in [3.05, 3.63) is 99.2 Å². The number of fused-ring (bicyclic) bond motifs is 1. The molecule has 0 spiro atoms. The molecule has 0 saturated carbocycles. The van der Waals surface area contributed by atoms with Gasteiger partial charge in [0.05, 0.1) is 24.5 Å². The number of unbranched alkanes of at least 4 members (excludes halogenated alkanes) is 2. The Balaban J connectivity index is 1.67. The number of methoxy groups -OCH3 is 1. The van der Waals surface area contributed by atoms with E-state index in [4.69, 9.17) is 27.9 Å². The molecule has 39 heavy (non-hydrogen) atoms. The van der Waals surface area contributed by atoms with E-state index in [9.17, 15) is 9.59 Å². The quantitative estimate of drug-likeness (QED) is 0.293. The molecule has 202 valence electrons. The van der Waals surface area contributed by atoms with Gasteiger partial charge < -0.3 is 10.1 Å². The van der Waals surface area contributed by atoms with Crippen molar-refractivity contribution in [3.63, 3.8) is 0 Å². The number of hydrogen-bond acceptors (Lipinski definition) is 4. The highest BCUT2D eigenvalue weighted by atomic mass is 35.5. The fraction of sp³-hybridized carbons (Fsp3) is 0.312. The van der Waals surface area contributed by atoms with Gasteiger partial charge in [-0.2, -0.15) is 0 Å². The van der Waals surface area contributed by atoms with E-state index in [1.807, 2.05) is 60.7 Å². The number of nitrogens with one attached hydrogen (secondary N) is 1. The van der Waals surface area contributed by atoms with Crippen molar-refractivity contribution in [1.29, 1.82) is 0 Å². The van der Waals surface area contributed by atoms with Crippen LogP contribution in [0, 0.1) is 0 Å². The largest absolute Gasteiger partial charge is 0.497 e. The van der Waals surface area contributed by atoms with Gasteiger partial charge in [0.15, 0.2) is 5.78 Å². The fourth-order valence-electron chi connectivity index (χ4n) is 5.61. The lowest BCUT2D eigenvalue weighted by atomic mass is 9.78. The number of benzene rings is 3. The average molecular weight is 564 g/mol. The SMILES string of the molecule is CCCCCC(=O)N1c2ccc(Cl)cc2NC2=C(C(=O)C[C@H](c3ccc(Cl)cc3)C2)[C@H]1c1ccc(OC)cc1. The van der Waals surface area contributed by atoms with Crippen LogP contribution >= 0.6 is 23.2 Å². The molecule has 1 N–H and O–H groups in total. The monoisotopic (exact) mass is 562 g/mol. The summed E-state index contributed by atoms with van der Waals surface area (Å²) in [5, 5.41) is 4.77. The van der Waals surface area contributed by atoms with E-state index in [2.05, 4.69) is 12.2 Å². The predicted molar refractivity (Wildman–Crippen MR) is 158 cm³/mol. The Kier molecular flexibility index (Phi) is 8.29. The Morgan fingerprint density at radius 1 is 0.949 bits per heavy atom. The molecule has 5 rings (SSSR count). The van der Waals surface area contributed by atoms with E-state index in [1.165, 1.54) is 0 Å². The smallest absolute Gasteiger partial charge is 0.227 e. The van der Waals surface area contributed by atoms with Crippen LogP contribution in [-0.2, 0) is 9.59 Å². The third kappa shape index (κ3) is 5.70. The van der Waals surface area contributed by atoms with E-state index in [0.717, 1.165) is 41.8 Å². The zero-order valence-electron chi connectivity index (χ0n) is 22.2. The number of Topliss-reactive ketones (excluding diaryl/α,β-unsaturated/α-hetero) is 1. The summed E-state index contributed by atoms with van der Waals surface area (Å²) in [6.45, 7) is 2.12. The number of anilines is 2. The first-order valence-corrected chi connectivity index (χ1v) is 14.2. The van der Waals surface area contributed by atoms with Crippen LogP contribution < -0.4 is 15.0 Å². The molecule has 0 fully saturated rings. The summed E-state index contributed by atoms with van der Waals surface area (Å²) < 4.78 is 5.39. The molecule has 0 bridgehead atoms. The van der Waals surface area contributed by atoms with Gasteiger partial charge >= 0.3 is 0 Å². The maximum atomic E-state index is 14.1. The minimum absolute atomic E-state index is 0.00743. The molecular formula is C32H32Cl2N2O3. The fourth-order valence-corrected chi connectivity index (χ4v) is 5.91. The molecule has 0 aromatic heterocycles. The number of hydrogen-bond donors (Lipinski definition) is 1. The summed E-state index contributed by atoms with van der Waals surface area (Å²) in [6.07, 6.45) is 4.14. The Bertz CT molecular complexity index is 1400. The predicted octanol–water partition coefficient (Wildman–Crippen LogP) is 8.48. The average Bonchev–Trinajstić information content (AvgIpc) is 3.07. The van der Waals surface area contributed by atoms with Crippen molar-refractivity contribution in [3.8, 4) is 5.75 Å². The molecule has 7 heteroatoms. The van der Waals surface area contributed by atoms with Crippen LogP contribution in [-0.4, -0.2) is 18.8 Å². The minimum atomic E-state index is -0.575. The maximum absolute atomic E-state index is 14.1. The van der Waals surface area contributed by atoms with Gasteiger partial charge in [-0.1, -0.05) is 67.2 Å². The second-order valence-corrected chi connectivity index (χ2v) is 11.0. The molecule has 0 radical (unpaired) electrons. The lowest BCUT2D eigenvalue weighted by Crippen LogP contribution is -2.38. The molecule has 2 aliphatic rings. The molecule has 1 heterocycles. The second-order valence-electron chi connectivity index (χ2n) is 10.2. The van der Waals surface area contributed by atoms with Crippen molar-refractivity contribution in [2.24, 2.45) is 0 Å². The summed E-state index contributed by atoms with van der Waals surface area (Å²) in [5.74, 6) is 0.711. The Labute approximate surface area is 239 Å². The number of carbonyl (C=O) groups is 2. The molecule has 2 atom stereocenters. The van der Waals surface area contributed by atoms with Crippen LogP contribution in [0.15, 0.2) is 78.0 Å². The van der Waals surface area contributed by atoms with Crippen molar-refractivity contribution >= 4 is 46.3 Å². The standard InChI is InChI=1S/C32H32Cl2N2O3/c1-3-4-5-6-30(38)36-28-16-13-24(34)19-26(28)35-27-17-22(20-7-11-23(33)12-8-20)18-29(37)31(27)32(36)21-9-14-25(39-2)15-10-21/h7-16,19,22,32,35H,3-6,17-18H2,1-2H3/t22-,32-/m1/s1. The molecule has 0 saturated heterocycles. The van der Waals surface area contributed by atoms with Crippen molar-refractivity contribution in [2.75, 3.05) is 17.3 Å². The lowest BCUT2D eigenvalue weighted by Gasteiger charge is -2.35. The van der Waals surface area contributed by atoms with Crippen molar-refractivity contribution in [1.82, 2.24) is 0 Å². The van der Waals surface area contributed by atoms with Crippen molar-refractivity contribution in [2.45, 2.75) is 57.4 Å². The van der Waals surface area contributed by atoms with Gasteiger partial charge in [0.1, 0.15) is 5.75 Å². The van der Waals surface area contributed by atoms with Gasteiger partial charge in [-0.05, 0) is 72.4 Å². The van der Waals surface area contributed by atoms with E-state index >= 15 is 0 Å². The molecule has 3 aromatic carbocycles. The first-order valence-electron chi connectivity index (χ1n) is 13.4. The Hall–Kier alpha value is -3.28. The number of rotatable bonds is 7. The summed E-state index contributed by atoms with van der Waals surface area (Å²) in [5.41, 5.74) is 4.80. The van der Waals surface area contributed by atoms with Crippen LogP contribution in [0.2, 0.25) is 10.0 Å². The molecule has 1 aliphatic heterocycles. The van der Waals surface area contributed by atoms with Gasteiger partial charge in [0.2, 0.25) is 5.91 Å². The number of ether oxygens (including phenoxy) is 1. The number of allylic oxidation sites excluding steroid dienone is 1. The van der Waals surface area contributed by atoms with Crippen LogP contribution in [0.1, 0.15) is 68.5 Å². The molecule has 0 unspecified atom stereocenters. The lowest BCUT2D eigenvalue weighted by molar-refractivity contribution is -0.119. The molecule has 5 nitrogen and oxygen atoms in total. The highest BCUT2D eigenvalue weighted by Crippen LogP contribution is 2.48. The van der Waals surface area contributed by atoms with Crippen LogP contribution in [0.5, 0.6) is 5.75 Å². The minimum Gasteiger partial charge on any atom is -0.497 e. The third-order valence-electron chi connectivity index (χ3n) is 7.58. The molecule has 3 aromatic rings. The first kappa shape index (κ1) is 27.3. The van der Waals surface area contributed by atoms with Gasteiger partial charge in [0.25, 0.3) is 0 Å². The van der Waals surface area contributed by atoms with E-state index in [-0.39, 0.29) is 17.6 Å². The van der Waals surface area contributed by atoms with E-state index < -0.39 is 6.04 Å². The van der Waals surface area contributed by atoms with Crippen molar-refractivity contribution < 1.29 is 14.3 Å². The topological polar surface area (TPSA) is 58.6 Å². The molecule has 1 amide bonds. The van der Waals surface area contributed by atoms with E-state index in [1.54, 1.807) is 18.1 Å². The highest BCUT2D eigenvalue weighted by Gasteiger charge is 2.41. The number of carbonyl (C=O) groups excluding carboxylic acids is 2. The summed E-state index contributed by atoms with van der Waals surface area (Å²) in [7, 11) is 1.62. The van der Waals surface area contributed by atoms with Crippen LogP contribution in [0.25, 0.3) is 0 Å². The summed E-state index contributed by atoms with van der Waals surface area (Å²) in [6, 6.07) is 20.3. The molecule has 1 aliphatic carbocycles. The number of amides is 1. The Morgan fingerprint density at radius 3 is 2.33 bits per heavy atom. The van der Waals surface area contributed by atoms with Crippen LogP contribution in [0.3, 0.4) is 0 Å². The van der Waals surface area contributed by atoms with Gasteiger partial charge in [-0.3, -0.25) is 14.5 Å². The zero-order chi connectivity index (χ0) is 27.5. The maximum Gasteiger partial charge on any atom is 0.227 e. The van der Waals surface area contributed by atoms with E-state index in [0.29, 0.717) is 46.3 Å². The summed E-state index contributed by atoms with van der Waals surface area (Å²) >= 11 is 12.6. The van der Waals surface area contributed by atoms with Gasteiger partial charge in [-0.25, -0.2) is 0 Å². The Morgan fingerprint density at radius 2 is 1.64 bits per heavy atom. The number of halogens is 2. The zero-order valence-corrected chi connectivity index (χ0v) is 23.7. The van der Waals surface area contributed by atoms with Gasteiger partial charge in [-0.15, -0.1) is 0 Å². The first-order chi connectivity index (χ1) is 18.9. The number of nitrogens with zero attached hydrogens (tertiary/aromatic N) is 1. The normalized spacial score (nSPS) is 18.7. The summed E-state index contributed by atoms with van der Waals surface area (Å²) in [4.78, 5) is 29.9. The number of ketones is 1. The highest BCUT2D eigenvalue weighted by molar-refractivity contribution is 6.31. The van der Waals surface area contributed by atoms with Gasteiger partial charge in [0, 0.05) is 34.2 Å².